The number of hydrogen-bond donors (Lipinski definition) is 1. The van der Waals surface area contributed by atoms with Gasteiger partial charge in [0.25, 0.3) is 0 Å². The number of ether oxygens (including phenoxy) is 5. The van der Waals surface area contributed by atoms with Gasteiger partial charge in [-0.2, -0.15) is 26.3 Å². The summed E-state index contributed by atoms with van der Waals surface area (Å²) in [7, 11) is 0. The molecule has 0 radical (unpaired) electrons. The SMILES string of the molecule is BrCc1ccccc1.CC(C)(C)OC(=O)N1[C@H](C(O)C(F)(F)F)COC1(C)C.CC(C)(C)OC(=O)N1[C@H](C(OCc2ccccc2)C(F)(F)F)COC1(C)C. The molecule has 17 heteroatoms. The normalized spacial score (nSPS) is 20.7. The van der Waals surface area contributed by atoms with Crippen LogP contribution in [0.1, 0.15) is 80.4 Å². The zero-order valence-electron chi connectivity index (χ0n) is 32.8. The average molecular weight is 860 g/mol. The molecule has 0 spiro atoms. The Balaban J connectivity index is 0.000000325. The maximum absolute atomic E-state index is 13.7. The van der Waals surface area contributed by atoms with E-state index >= 15 is 0 Å². The number of aliphatic hydroxyl groups is 1. The maximum atomic E-state index is 13.7. The minimum atomic E-state index is -4.84. The van der Waals surface area contributed by atoms with Gasteiger partial charge in [-0.25, -0.2) is 9.59 Å². The molecule has 2 saturated heterocycles. The third-order valence-electron chi connectivity index (χ3n) is 7.86. The number of nitrogens with zero attached hydrogens (tertiary/aromatic N) is 2. The molecule has 2 aromatic rings. The van der Waals surface area contributed by atoms with Crippen molar-refractivity contribution >= 4 is 28.1 Å². The Hall–Kier alpha value is -3.12. The molecule has 4 atom stereocenters. The van der Waals surface area contributed by atoms with Crippen LogP contribution in [0.4, 0.5) is 35.9 Å². The number of halogens is 7. The van der Waals surface area contributed by atoms with Crippen molar-refractivity contribution in [1.82, 2.24) is 9.80 Å². The van der Waals surface area contributed by atoms with Gasteiger partial charge >= 0.3 is 24.5 Å². The second kappa shape index (κ2) is 18.9. The third-order valence-corrected chi connectivity index (χ3v) is 8.51. The minimum Gasteiger partial charge on any atom is -0.444 e. The summed E-state index contributed by atoms with van der Waals surface area (Å²) in [6.07, 6.45) is -16.2. The molecule has 2 amide bonds. The molecule has 1 N–H and O–H groups in total. The summed E-state index contributed by atoms with van der Waals surface area (Å²) in [6, 6.07) is 16.0. The van der Waals surface area contributed by atoms with Gasteiger partial charge in [0.1, 0.15) is 22.7 Å². The van der Waals surface area contributed by atoms with Gasteiger partial charge in [0.15, 0.2) is 12.2 Å². The van der Waals surface area contributed by atoms with E-state index in [0.717, 1.165) is 15.1 Å². The fourth-order valence-corrected chi connectivity index (χ4v) is 5.80. The molecule has 4 rings (SSSR count). The van der Waals surface area contributed by atoms with Gasteiger partial charge in [-0.05, 0) is 80.4 Å². The minimum absolute atomic E-state index is 0.232. The number of carbonyl (C=O) groups is 2. The van der Waals surface area contributed by atoms with Crippen molar-refractivity contribution in [2.75, 3.05) is 13.2 Å². The summed E-state index contributed by atoms with van der Waals surface area (Å²) in [6.45, 7) is 14.8. The van der Waals surface area contributed by atoms with Crippen molar-refractivity contribution in [3.05, 3.63) is 71.8 Å². The lowest BCUT2D eigenvalue weighted by Crippen LogP contribution is -2.57. The lowest BCUT2D eigenvalue weighted by Gasteiger charge is -2.38. The van der Waals surface area contributed by atoms with E-state index in [1.54, 1.807) is 71.9 Å². The predicted octanol–water partition coefficient (Wildman–Crippen LogP) is 9.37. The highest BCUT2D eigenvalue weighted by Gasteiger charge is 2.57. The van der Waals surface area contributed by atoms with Crippen molar-refractivity contribution in [3.8, 4) is 0 Å². The van der Waals surface area contributed by atoms with E-state index in [-0.39, 0.29) is 13.2 Å². The van der Waals surface area contributed by atoms with E-state index in [4.69, 9.17) is 23.7 Å². The number of carbonyl (C=O) groups excluding carboxylic acids is 2. The lowest BCUT2D eigenvalue weighted by atomic mass is 10.1. The highest BCUT2D eigenvalue weighted by Crippen LogP contribution is 2.38. The van der Waals surface area contributed by atoms with Crippen LogP contribution in [0.15, 0.2) is 60.7 Å². The van der Waals surface area contributed by atoms with Crippen LogP contribution < -0.4 is 0 Å². The van der Waals surface area contributed by atoms with E-state index in [1.807, 2.05) is 18.2 Å². The molecule has 10 nitrogen and oxygen atoms in total. The van der Waals surface area contributed by atoms with Gasteiger partial charge in [0.2, 0.25) is 0 Å². The van der Waals surface area contributed by atoms with E-state index in [0.29, 0.717) is 5.56 Å². The molecule has 2 aliphatic heterocycles. The molecule has 0 aromatic heterocycles. The number of hydrogen-bond acceptors (Lipinski definition) is 8. The number of aliphatic hydroxyl groups excluding tert-OH is 1. The fourth-order valence-electron chi connectivity index (χ4n) is 5.42. The summed E-state index contributed by atoms with van der Waals surface area (Å²) < 4.78 is 105. The predicted molar refractivity (Wildman–Crippen MR) is 196 cm³/mol. The summed E-state index contributed by atoms with van der Waals surface area (Å²) in [5, 5.41) is 10.3. The molecule has 312 valence electrons. The highest BCUT2D eigenvalue weighted by molar-refractivity contribution is 9.08. The van der Waals surface area contributed by atoms with Crippen LogP contribution in [0, 0.1) is 0 Å². The molecule has 2 unspecified atom stereocenters. The van der Waals surface area contributed by atoms with E-state index < -0.39 is 78.1 Å². The second-order valence-corrected chi connectivity index (χ2v) is 16.3. The summed E-state index contributed by atoms with van der Waals surface area (Å²) in [5.41, 5.74) is -2.30. The first-order chi connectivity index (χ1) is 25.0. The summed E-state index contributed by atoms with van der Waals surface area (Å²) in [5.74, 6) is 0. The van der Waals surface area contributed by atoms with Crippen molar-refractivity contribution in [2.45, 2.75) is 140 Å². The van der Waals surface area contributed by atoms with Crippen molar-refractivity contribution in [1.29, 1.82) is 0 Å². The Morgan fingerprint density at radius 3 is 1.45 bits per heavy atom. The first kappa shape index (κ1) is 48.0. The molecule has 2 aliphatic rings. The fraction of sp³-hybridized carbons (Fsp3) is 0.632. The van der Waals surface area contributed by atoms with Crippen molar-refractivity contribution in [2.24, 2.45) is 0 Å². The van der Waals surface area contributed by atoms with Crippen LogP contribution in [-0.4, -0.2) is 99.6 Å². The summed E-state index contributed by atoms with van der Waals surface area (Å²) in [4.78, 5) is 26.4. The number of rotatable bonds is 6. The number of amides is 2. The quantitative estimate of drug-likeness (QED) is 0.226. The smallest absolute Gasteiger partial charge is 0.416 e. The Bertz CT molecular complexity index is 1500. The highest BCUT2D eigenvalue weighted by atomic mass is 79.9. The zero-order chi connectivity index (χ0) is 42.2. The van der Waals surface area contributed by atoms with Crippen LogP contribution >= 0.6 is 15.9 Å². The molecular formula is C38H53BrF6N2O8. The largest absolute Gasteiger partial charge is 0.444 e. The molecule has 2 fully saturated rings. The molecule has 2 aromatic carbocycles. The van der Waals surface area contributed by atoms with Gasteiger partial charge in [-0.1, -0.05) is 76.6 Å². The van der Waals surface area contributed by atoms with Gasteiger partial charge < -0.3 is 28.8 Å². The average Bonchev–Trinajstić information content (AvgIpc) is 3.53. The van der Waals surface area contributed by atoms with Crippen LogP contribution in [0.25, 0.3) is 0 Å². The van der Waals surface area contributed by atoms with E-state index in [9.17, 15) is 41.0 Å². The summed E-state index contributed by atoms with van der Waals surface area (Å²) >= 11 is 3.36. The molecular weight excluding hydrogens is 806 g/mol. The Labute approximate surface area is 327 Å². The molecule has 0 bridgehead atoms. The second-order valence-electron chi connectivity index (χ2n) is 15.7. The van der Waals surface area contributed by atoms with E-state index in [2.05, 4.69) is 28.1 Å². The zero-order valence-corrected chi connectivity index (χ0v) is 34.3. The van der Waals surface area contributed by atoms with Gasteiger partial charge in [-0.15, -0.1) is 0 Å². The number of alkyl halides is 7. The van der Waals surface area contributed by atoms with Crippen LogP contribution in [0.5, 0.6) is 0 Å². The third kappa shape index (κ3) is 15.0. The molecule has 2 heterocycles. The van der Waals surface area contributed by atoms with Gasteiger partial charge in [-0.3, -0.25) is 9.80 Å². The Morgan fingerprint density at radius 2 is 1.11 bits per heavy atom. The molecule has 55 heavy (non-hydrogen) atoms. The first-order valence-electron chi connectivity index (χ1n) is 17.4. The Kier molecular flexibility index (Phi) is 16.5. The molecule has 0 saturated carbocycles. The topological polar surface area (TPSA) is 107 Å². The maximum Gasteiger partial charge on any atom is 0.416 e. The Morgan fingerprint density at radius 1 is 0.727 bits per heavy atom. The monoisotopic (exact) mass is 858 g/mol. The molecule has 0 aliphatic carbocycles. The first-order valence-corrected chi connectivity index (χ1v) is 18.5. The van der Waals surface area contributed by atoms with Crippen LogP contribution in [-0.2, 0) is 35.6 Å². The van der Waals surface area contributed by atoms with Crippen LogP contribution in [0.3, 0.4) is 0 Å². The standard InChI is InChI=1S/C19H26F3NO4.C12H20F3NO4.C7H7Br/c1-17(2,3)27-16(24)23-14(12-26-18(23,4)5)15(19(20,21)22)25-11-13-9-7-6-8-10-13;1-10(2,3)20-9(18)16-7(6-19-11(16,4)5)8(17)12(13,14)15;8-6-7-4-2-1-3-5-7/h6-10,14-15H,11-12H2,1-5H3;7-8,17H,6H2,1-5H3;1-5H,6H2/t14-,15?;7-,8?;/m00./s1. The number of benzene rings is 2. The van der Waals surface area contributed by atoms with E-state index in [1.165, 1.54) is 33.3 Å². The van der Waals surface area contributed by atoms with Crippen molar-refractivity contribution in [3.63, 3.8) is 0 Å². The lowest BCUT2D eigenvalue weighted by molar-refractivity contribution is -0.238. The van der Waals surface area contributed by atoms with Crippen LogP contribution in [0.2, 0.25) is 0 Å². The van der Waals surface area contributed by atoms with Crippen molar-refractivity contribution < 1.29 is 64.7 Å². The van der Waals surface area contributed by atoms with Gasteiger partial charge in [0, 0.05) is 5.33 Å². The van der Waals surface area contributed by atoms with Gasteiger partial charge in [0.05, 0.1) is 31.9 Å².